The Kier molecular flexibility index (Phi) is 6.70. The number of piperidine rings is 1. The van der Waals surface area contributed by atoms with Gasteiger partial charge in [0.1, 0.15) is 0 Å². The summed E-state index contributed by atoms with van der Waals surface area (Å²) in [6.07, 6.45) is 5.46. The van der Waals surface area contributed by atoms with Crippen LogP contribution in [0.5, 0.6) is 0 Å². The third kappa shape index (κ3) is 4.98. The fourth-order valence-corrected chi connectivity index (χ4v) is 4.76. The fourth-order valence-electron chi connectivity index (χ4n) is 4.76. The van der Waals surface area contributed by atoms with Crippen LogP contribution in [-0.2, 0) is 4.79 Å². The molecule has 3 fully saturated rings. The summed E-state index contributed by atoms with van der Waals surface area (Å²) in [7, 11) is 0. The van der Waals surface area contributed by atoms with E-state index in [2.05, 4.69) is 9.80 Å². The third-order valence-corrected chi connectivity index (χ3v) is 6.60. The summed E-state index contributed by atoms with van der Waals surface area (Å²) in [5.41, 5.74) is 1.15. The first-order valence-corrected chi connectivity index (χ1v) is 11.4. The van der Waals surface area contributed by atoms with Gasteiger partial charge in [-0.3, -0.25) is 24.6 Å². The van der Waals surface area contributed by atoms with Crippen LogP contribution in [0.25, 0.3) is 0 Å². The molecule has 1 aromatic carbocycles. The van der Waals surface area contributed by atoms with E-state index in [-0.39, 0.29) is 17.5 Å². The summed E-state index contributed by atoms with van der Waals surface area (Å²) in [5, 5.41) is 11.3. The number of hydrogen-bond acceptors (Lipinski definition) is 6. The van der Waals surface area contributed by atoms with Crippen LogP contribution >= 0.6 is 0 Å². The normalized spacial score (nSPS) is 20.2. The molecule has 0 aliphatic carbocycles. The van der Waals surface area contributed by atoms with Crippen molar-refractivity contribution >= 4 is 23.2 Å². The number of piperazine rings is 1. The summed E-state index contributed by atoms with van der Waals surface area (Å²) in [5.74, 6) is 0.0122. The van der Waals surface area contributed by atoms with E-state index in [1.54, 1.807) is 11.0 Å². The summed E-state index contributed by atoms with van der Waals surface area (Å²) >= 11 is 0. The van der Waals surface area contributed by atoms with Crippen LogP contribution in [0.15, 0.2) is 18.2 Å². The summed E-state index contributed by atoms with van der Waals surface area (Å²) < 4.78 is 0. The molecule has 0 saturated carbocycles. The first-order chi connectivity index (χ1) is 15.0. The molecule has 9 nitrogen and oxygen atoms in total. The van der Waals surface area contributed by atoms with E-state index in [0.29, 0.717) is 38.3 Å². The minimum Gasteiger partial charge on any atom is -0.371 e. The SMILES string of the molecule is O=C(CN1CCN(C(=O)c2cc([N+](=O)[O-])ccc2N2CCCCC2)CC1)N1CCCC1. The van der Waals surface area contributed by atoms with Gasteiger partial charge in [-0.15, -0.1) is 0 Å². The topological polar surface area (TPSA) is 90.2 Å². The number of rotatable bonds is 5. The molecule has 2 amide bonds. The van der Waals surface area contributed by atoms with Crippen LogP contribution in [0, 0.1) is 10.1 Å². The monoisotopic (exact) mass is 429 g/mol. The Bertz CT molecular complexity index is 825. The lowest BCUT2D eigenvalue weighted by molar-refractivity contribution is -0.384. The highest BCUT2D eigenvalue weighted by Gasteiger charge is 2.29. The Morgan fingerprint density at radius 1 is 0.839 bits per heavy atom. The molecule has 4 rings (SSSR count). The van der Waals surface area contributed by atoms with E-state index in [1.807, 2.05) is 4.90 Å². The number of likely N-dealkylation sites (tertiary alicyclic amines) is 1. The van der Waals surface area contributed by atoms with Crippen molar-refractivity contribution < 1.29 is 14.5 Å². The van der Waals surface area contributed by atoms with Gasteiger partial charge in [0.05, 0.1) is 22.7 Å². The lowest BCUT2D eigenvalue weighted by Crippen LogP contribution is -2.51. The maximum absolute atomic E-state index is 13.4. The summed E-state index contributed by atoms with van der Waals surface area (Å²) in [6, 6.07) is 4.64. The molecule has 3 heterocycles. The predicted octanol–water partition coefficient (Wildman–Crippen LogP) is 1.97. The fraction of sp³-hybridized carbons (Fsp3) is 0.636. The molecule has 0 bridgehead atoms. The molecular weight excluding hydrogens is 398 g/mol. The van der Waals surface area contributed by atoms with Gasteiger partial charge in [0.15, 0.2) is 0 Å². The molecule has 3 aliphatic heterocycles. The first-order valence-electron chi connectivity index (χ1n) is 11.4. The zero-order chi connectivity index (χ0) is 21.8. The third-order valence-electron chi connectivity index (χ3n) is 6.60. The van der Waals surface area contributed by atoms with Crippen LogP contribution in [-0.4, -0.2) is 90.3 Å². The van der Waals surface area contributed by atoms with Gasteiger partial charge < -0.3 is 14.7 Å². The van der Waals surface area contributed by atoms with E-state index in [0.717, 1.165) is 57.5 Å². The number of carbonyl (C=O) groups is 2. The van der Waals surface area contributed by atoms with E-state index in [1.165, 1.54) is 18.6 Å². The van der Waals surface area contributed by atoms with Crippen molar-refractivity contribution in [3.05, 3.63) is 33.9 Å². The molecular formula is C22H31N5O4. The molecule has 31 heavy (non-hydrogen) atoms. The van der Waals surface area contributed by atoms with Crippen molar-refractivity contribution in [3.63, 3.8) is 0 Å². The number of nitro groups is 1. The number of benzene rings is 1. The van der Waals surface area contributed by atoms with Gasteiger partial charge in [0, 0.05) is 64.5 Å². The van der Waals surface area contributed by atoms with Crippen molar-refractivity contribution in [2.24, 2.45) is 0 Å². The second-order valence-corrected chi connectivity index (χ2v) is 8.66. The number of nitrogens with zero attached hydrogens (tertiary/aromatic N) is 5. The minimum absolute atomic E-state index is 0.0565. The maximum Gasteiger partial charge on any atom is 0.270 e. The highest BCUT2D eigenvalue weighted by molar-refractivity contribution is 6.00. The Hall–Kier alpha value is -2.68. The Balaban J connectivity index is 1.43. The standard InChI is InChI=1S/C22H31N5O4/c28-21(25-10-4-5-11-25)17-23-12-14-26(15-13-23)22(29)19-16-18(27(30)31)6-7-20(19)24-8-2-1-3-9-24/h6-7,16H,1-5,8-15,17H2. The highest BCUT2D eigenvalue weighted by atomic mass is 16.6. The average molecular weight is 430 g/mol. The predicted molar refractivity (Wildman–Crippen MR) is 117 cm³/mol. The molecule has 0 N–H and O–H groups in total. The maximum atomic E-state index is 13.4. The van der Waals surface area contributed by atoms with Gasteiger partial charge in [0.2, 0.25) is 5.91 Å². The van der Waals surface area contributed by atoms with Gasteiger partial charge in [-0.05, 0) is 38.2 Å². The second-order valence-electron chi connectivity index (χ2n) is 8.66. The first kappa shape index (κ1) is 21.5. The smallest absolute Gasteiger partial charge is 0.270 e. The second kappa shape index (κ2) is 9.64. The van der Waals surface area contributed by atoms with E-state index >= 15 is 0 Å². The molecule has 0 atom stereocenters. The Morgan fingerprint density at radius 2 is 1.48 bits per heavy atom. The van der Waals surface area contributed by atoms with Crippen molar-refractivity contribution in [1.82, 2.24) is 14.7 Å². The van der Waals surface area contributed by atoms with Gasteiger partial charge in [-0.1, -0.05) is 0 Å². The van der Waals surface area contributed by atoms with Gasteiger partial charge >= 0.3 is 0 Å². The van der Waals surface area contributed by atoms with E-state index < -0.39 is 4.92 Å². The lowest BCUT2D eigenvalue weighted by atomic mass is 10.0. The molecule has 9 heteroatoms. The number of carbonyl (C=O) groups excluding carboxylic acids is 2. The van der Waals surface area contributed by atoms with Crippen molar-refractivity contribution in [2.75, 3.05) is 63.8 Å². The van der Waals surface area contributed by atoms with Crippen molar-refractivity contribution in [3.8, 4) is 0 Å². The zero-order valence-electron chi connectivity index (χ0n) is 18.0. The van der Waals surface area contributed by atoms with Crippen molar-refractivity contribution in [2.45, 2.75) is 32.1 Å². The number of anilines is 1. The molecule has 0 aromatic heterocycles. The zero-order valence-corrected chi connectivity index (χ0v) is 18.0. The highest BCUT2D eigenvalue weighted by Crippen LogP contribution is 2.29. The molecule has 0 spiro atoms. The van der Waals surface area contributed by atoms with Gasteiger partial charge in [-0.2, -0.15) is 0 Å². The van der Waals surface area contributed by atoms with E-state index in [9.17, 15) is 19.7 Å². The summed E-state index contributed by atoms with van der Waals surface area (Å²) in [6.45, 7) is 6.15. The number of amides is 2. The summed E-state index contributed by atoms with van der Waals surface area (Å²) in [4.78, 5) is 44.6. The van der Waals surface area contributed by atoms with Crippen molar-refractivity contribution in [1.29, 1.82) is 0 Å². The molecule has 168 valence electrons. The number of non-ortho nitro benzene ring substituents is 1. The Morgan fingerprint density at radius 3 is 2.13 bits per heavy atom. The molecule has 0 radical (unpaired) electrons. The molecule has 1 aromatic rings. The van der Waals surface area contributed by atoms with Crippen LogP contribution in [0.3, 0.4) is 0 Å². The van der Waals surface area contributed by atoms with Crippen LogP contribution in [0.2, 0.25) is 0 Å². The van der Waals surface area contributed by atoms with Gasteiger partial charge in [0.25, 0.3) is 11.6 Å². The largest absolute Gasteiger partial charge is 0.371 e. The number of nitro benzene ring substituents is 1. The Labute approximate surface area is 182 Å². The molecule has 3 aliphatic rings. The quantitative estimate of drug-likeness (QED) is 0.525. The van der Waals surface area contributed by atoms with Crippen LogP contribution in [0.4, 0.5) is 11.4 Å². The number of hydrogen-bond donors (Lipinski definition) is 0. The minimum atomic E-state index is -0.446. The average Bonchev–Trinajstić information content (AvgIpc) is 3.34. The molecule has 3 saturated heterocycles. The van der Waals surface area contributed by atoms with Crippen LogP contribution < -0.4 is 4.90 Å². The van der Waals surface area contributed by atoms with Crippen LogP contribution in [0.1, 0.15) is 42.5 Å². The van der Waals surface area contributed by atoms with Gasteiger partial charge in [-0.25, -0.2) is 0 Å². The molecule has 0 unspecified atom stereocenters. The lowest BCUT2D eigenvalue weighted by Gasteiger charge is -2.36. The van der Waals surface area contributed by atoms with E-state index in [4.69, 9.17) is 0 Å².